The first kappa shape index (κ1) is 973. The quantitative estimate of drug-likeness (QED) is 0.355. The molecule has 0 saturated carbocycles. The van der Waals surface area contributed by atoms with Crippen LogP contribution in [0.3, 0.4) is 0 Å². The monoisotopic (exact) mass is 210 g/mol. The van der Waals surface area contributed by atoms with Gasteiger partial charge in [-0.1, -0.05) is 0 Å². The predicted molar refractivity (Wildman–Crippen MR) is 28.4 cm³/mol. The van der Waals surface area contributed by atoms with Crippen LogP contribution in [-0.4, -0.2) is 73.1 Å². The van der Waals surface area contributed by atoms with Crippen LogP contribution in [0.5, 0.6) is 0 Å². The van der Waals surface area contributed by atoms with Crippen LogP contribution >= 0.6 is 0 Å². The Morgan fingerprint density at radius 3 is 0.400 bits per heavy atom. The van der Waals surface area contributed by atoms with Crippen LogP contribution in [0.1, 0.15) is 0 Å². The van der Waals surface area contributed by atoms with Gasteiger partial charge in [0, 0.05) is 0 Å². The van der Waals surface area contributed by atoms with Gasteiger partial charge < -0.3 is 50.7 Å². The first-order valence-corrected chi connectivity index (χ1v) is 0. The minimum atomic E-state index is 0. The van der Waals surface area contributed by atoms with Gasteiger partial charge in [0.15, 0.2) is 0 Å². The Balaban J connectivity index is 0. The first-order valence-electron chi connectivity index (χ1n) is 0. The fraction of sp³-hybridized carbons (Fsp3) is 0. The van der Waals surface area contributed by atoms with Crippen LogP contribution in [0, 0.1) is 0 Å². The van der Waals surface area contributed by atoms with Gasteiger partial charge in [-0.05, 0) is 0 Å². The molecule has 10 heteroatoms. The molecule has 7 nitrogen and oxygen atoms in total. The van der Waals surface area contributed by atoms with Gasteiger partial charge in [0.2, 0.25) is 0 Å². The molecule has 0 atom stereocenters. The second-order valence-corrected chi connectivity index (χ2v) is 0. The van der Waals surface area contributed by atoms with E-state index in [1.165, 1.54) is 0 Å². The van der Waals surface area contributed by atoms with Gasteiger partial charge in [-0.15, -0.1) is 0 Å². The average molecular weight is 210 g/mol. The molecule has 0 rings (SSSR count). The van der Waals surface area contributed by atoms with Gasteiger partial charge in [-0.2, -0.15) is 0 Å². The molecule has 0 saturated heterocycles. The van der Waals surface area contributed by atoms with E-state index in [0.717, 1.165) is 0 Å². The van der Waals surface area contributed by atoms with E-state index >= 15 is 0 Å². The molecule has 0 radical (unpaired) electrons. The third-order valence-corrected chi connectivity index (χ3v) is 0. The minimum absolute atomic E-state index is 0. The molecule has 0 aliphatic rings. The number of halogens is 1. The summed E-state index contributed by atoms with van der Waals surface area (Å²) in [5, 5.41) is 0. The zero-order valence-corrected chi connectivity index (χ0v) is 7.83. The van der Waals surface area contributed by atoms with Crippen molar-refractivity contribution in [2.24, 2.45) is 0 Å². The van der Waals surface area contributed by atoms with E-state index in [1.807, 2.05) is 0 Å². The molecule has 0 aromatic carbocycles. The van der Waals surface area contributed by atoms with Crippen molar-refractivity contribution in [3.05, 3.63) is 0 Å². The molecule has 0 aliphatic carbocycles. The predicted octanol–water partition coefficient (Wildman–Crippen LogP) is -6.29. The van der Waals surface area contributed by atoms with Gasteiger partial charge >= 0.3 is 34.7 Å². The summed E-state index contributed by atoms with van der Waals surface area (Å²) in [4.78, 5) is 0. The zero-order chi connectivity index (χ0) is 0. The van der Waals surface area contributed by atoms with Crippen molar-refractivity contribution in [1.29, 1.82) is 0 Å². The average Bonchev–Trinajstić information content (AvgIpc) is 0. The Bertz CT molecular complexity index is 11.6. The fourth-order valence-corrected chi connectivity index (χ4v) is 0. The molecule has 0 amide bonds. The standard InChI is InChI=1S/2Al.ClH.7H2O/h;;1H;7*1H2/q2*+3;;;;;;;;/p-6. The summed E-state index contributed by atoms with van der Waals surface area (Å²) in [6, 6.07) is 0. The SMILES string of the molecule is O.O.[Al+3].[Al+3].[Cl-].[OH-].[OH-].[OH-].[OH-].[OH-]. The second kappa shape index (κ2) is 718. The van der Waals surface area contributed by atoms with Crippen LogP contribution in [0.2, 0.25) is 0 Å². The molecular formula is H9Al2ClO7. The maximum Gasteiger partial charge on any atom is 3.00 e. The van der Waals surface area contributed by atoms with Gasteiger partial charge in [0.1, 0.15) is 0 Å². The smallest absolute Gasteiger partial charge is 1.00 e. The number of hydrogen-bond acceptors (Lipinski definition) is 5. The van der Waals surface area contributed by atoms with E-state index in [4.69, 9.17) is 0 Å². The third kappa shape index (κ3) is 512. The molecule has 0 aromatic heterocycles. The first-order chi connectivity index (χ1) is 0. The van der Waals surface area contributed by atoms with E-state index < -0.39 is 0 Å². The Morgan fingerprint density at radius 2 is 0.400 bits per heavy atom. The molecular weight excluding hydrogens is 201 g/mol. The maximum absolute atomic E-state index is 0. The zero-order valence-electron chi connectivity index (χ0n) is 4.77. The molecule has 0 aliphatic heterocycles. The van der Waals surface area contributed by atoms with Gasteiger partial charge in [0.05, 0.1) is 0 Å². The van der Waals surface area contributed by atoms with Crippen molar-refractivity contribution in [2.45, 2.75) is 0 Å². The Hall–Kier alpha value is 1.07. The maximum atomic E-state index is 0. The summed E-state index contributed by atoms with van der Waals surface area (Å²) in [7, 11) is 0. The van der Waals surface area contributed by atoms with E-state index in [2.05, 4.69) is 0 Å². The normalized spacial score (nSPS) is 0. The van der Waals surface area contributed by atoms with E-state index in [0.29, 0.717) is 0 Å². The van der Waals surface area contributed by atoms with Gasteiger partial charge in [0.25, 0.3) is 0 Å². The van der Waals surface area contributed by atoms with E-state index in [9.17, 15) is 0 Å². The molecule has 0 fully saturated rings. The third-order valence-electron chi connectivity index (χ3n) is 0. The van der Waals surface area contributed by atoms with Gasteiger partial charge in [-0.3, -0.25) is 0 Å². The largest absolute Gasteiger partial charge is 3.00 e. The van der Waals surface area contributed by atoms with Crippen LogP contribution in [0.4, 0.5) is 0 Å². The van der Waals surface area contributed by atoms with Crippen LogP contribution in [0.15, 0.2) is 0 Å². The summed E-state index contributed by atoms with van der Waals surface area (Å²) in [5.41, 5.74) is 0. The van der Waals surface area contributed by atoms with Crippen LogP contribution in [-0.2, 0) is 0 Å². The molecule has 0 spiro atoms. The molecule has 64 valence electrons. The topological polar surface area (TPSA) is 213 Å². The summed E-state index contributed by atoms with van der Waals surface area (Å²) in [6.45, 7) is 0. The van der Waals surface area contributed by atoms with Crippen LogP contribution in [0.25, 0.3) is 0 Å². The molecule has 0 heterocycles. The van der Waals surface area contributed by atoms with Crippen molar-refractivity contribution in [1.82, 2.24) is 0 Å². The molecule has 9 N–H and O–H groups in total. The van der Waals surface area contributed by atoms with Crippen molar-refractivity contribution >= 4 is 34.7 Å². The molecule has 10 heavy (non-hydrogen) atoms. The number of rotatable bonds is 0. The molecule has 0 unspecified atom stereocenters. The van der Waals surface area contributed by atoms with Gasteiger partial charge in [-0.25, -0.2) is 0 Å². The van der Waals surface area contributed by atoms with E-state index in [1.54, 1.807) is 0 Å². The summed E-state index contributed by atoms with van der Waals surface area (Å²) >= 11 is 0. The van der Waals surface area contributed by atoms with Crippen molar-refractivity contribution in [3.8, 4) is 0 Å². The number of hydrogen-bond donors (Lipinski definition) is 0. The minimum Gasteiger partial charge on any atom is -1.00 e. The molecule has 0 aromatic rings. The van der Waals surface area contributed by atoms with Crippen molar-refractivity contribution in [2.75, 3.05) is 0 Å². The summed E-state index contributed by atoms with van der Waals surface area (Å²) in [5.74, 6) is 0. The van der Waals surface area contributed by atoms with Crippen LogP contribution < -0.4 is 12.4 Å². The van der Waals surface area contributed by atoms with Crippen molar-refractivity contribution in [3.63, 3.8) is 0 Å². The Morgan fingerprint density at radius 1 is 0.400 bits per heavy atom. The molecule has 0 bridgehead atoms. The summed E-state index contributed by atoms with van der Waals surface area (Å²) in [6.07, 6.45) is 0. The Labute approximate surface area is 85.6 Å². The Kier molecular flexibility index (Phi) is 69900. The fourth-order valence-electron chi connectivity index (χ4n) is 0. The van der Waals surface area contributed by atoms with Crippen molar-refractivity contribution < 1.29 is 50.7 Å². The summed E-state index contributed by atoms with van der Waals surface area (Å²) < 4.78 is 0. The second-order valence-electron chi connectivity index (χ2n) is 0. The van der Waals surface area contributed by atoms with E-state index in [-0.39, 0.29) is 85.5 Å².